The quantitative estimate of drug-likeness (QED) is 0.401. The van der Waals surface area contributed by atoms with Gasteiger partial charge in [0.05, 0.1) is 28.4 Å². The molecule has 0 saturated carbocycles. The molecule has 38 heavy (non-hydrogen) atoms. The summed E-state index contributed by atoms with van der Waals surface area (Å²) < 4.78 is 22.3. The summed E-state index contributed by atoms with van der Waals surface area (Å²) in [5.74, 6) is 2.74. The second-order valence-electron chi connectivity index (χ2n) is 9.78. The maximum Gasteiger partial charge on any atom is 0.242 e. The standard InChI is InChI=1S/C31H38N2O5/c1-20(2)32-31(34)30(22-10-8-7-9-11-22)33-15-14-23-18-28(37-5)29(38-6)19-24(23)25(33)16-21-12-13-26(35-3)27(17-21)36-4/h7-13,17-20,25,30H,14-16H2,1-6H3,(H,32,34)/t25-,30?/m0/s1. The van der Waals surface area contributed by atoms with Gasteiger partial charge in [0.1, 0.15) is 6.04 Å². The number of hydrogen-bond donors (Lipinski definition) is 1. The van der Waals surface area contributed by atoms with E-state index in [0.717, 1.165) is 23.1 Å². The molecular formula is C31H38N2O5. The van der Waals surface area contributed by atoms with Gasteiger partial charge in [-0.3, -0.25) is 9.69 Å². The van der Waals surface area contributed by atoms with Gasteiger partial charge >= 0.3 is 0 Å². The third-order valence-corrected chi connectivity index (χ3v) is 7.05. The minimum atomic E-state index is -0.454. The van der Waals surface area contributed by atoms with Crippen molar-refractivity contribution in [2.75, 3.05) is 35.0 Å². The molecule has 0 aromatic heterocycles. The smallest absolute Gasteiger partial charge is 0.242 e. The molecule has 0 radical (unpaired) electrons. The largest absolute Gasteiger partial charge is 0.493 e. The van der Waals surface area contributed by atoms with E-state index in [1.807, 2.05) is 56.3 Å². The summed E-state index contributed by atoms with van der Waals surface area (Å²) in [5.41, 5.74) is 4.37. The highest BCUT2D eigenvalue weighted by Gasteiger charge is 2.38. The zero-order chi connectivity index (χ0) is 27.2. The van der Waals surface area contributed by atoms with Crippen molar-refractivity contribution in [3.63, 3.8) is 0 Å². The molecule has 1 aliphatic rings. The van der Waals surface area contributed by atoms with E-state index in [2.05, 4.69) is 28.4 Å². The van der Waals surface area contributed by atoms with E-state index in [9.17, 15) is 4.79 Å². The number of hydrogen-bond acceptors (Lipinski definition) is 6. The fraction of sp³-hybridized carbons (Fsp3) is 0.387. The number of carbonyl (C=O) groups excluding carboxylic acids is 1. The Kier molecular flexibility index (Phi) is 8.79. The van der Waals surface area contributed by atoms with Gasteiger partial charge in [0.25, 0.3) is 0 Å². The van der Waals surface area contributed by atoms with E-state index >= 15 is 0 Å². The Morgan fingerprint density at radius 2 is 1.50 bits per heavy atom. The van der Waals surface area contributed by atoms with Crippen LogP contribution in [0, 0.1) is 0 Å². The Morgan fingerprint density at radius 3 is 2.13 bits per heavy atom. The second-order valence-corrected chi connectivity index (χ2v) is 9.78. The van der Waals surface area contributed by atoms with Gasteiger partial charge in [0.2, 0.25) is 5.91 Å². The van der Waals surface area contributed by atoms with Crippen LogP contribution in [-0.4, -0.2) is 51.8 Å². The lowest BCUT2D eigenvalue weighted by atomic mass is 9.86. The Balaban J connectivity index is 1.85. The molecule has 1 unspecified atom stereocenters. The van der Waals surface area contributed by atoms with E-state index in [0.29, 0.717) is 36.0 Å². The number of carbonyl (C=O) groups is 1. The Hall–Kier alpha value is -3.71. The van der Waals surface area contributed by atoms with Gasteiger partial charge in [0, 0.05) is 18.6 Å². The Labute approximate surface area is 225 Å². The number of fused-ring (bicyclic) bond motifs is 1. The minimum Gasteiger partial charge on any atom is -0.493 e. The third-order valence-electron chi connectivity index (χ3n) is 7.05. The van der Waals surface area contributed by atoms with E-state index in [-0.39, 0.29) is 18.0 Å². The summed E-state index contributed by atoms with van der Waals surface area (Å²) in [6, 6.07) is 19.6. The number of methoxy groups -OCH3 is 4. The van der Waals surface area contributed by atoms with Gasteiger partial charge < -0.3 is 24.3 Å². The molecule has 7 heteroatoms. The fourth-order valence-corrected chi connectivity index (χ4v) is 5.31. The molecule has 1 N–H and O–H groups in total. The zero-order valence-electron chi connectivity index (χ0n) is 23.1. The summed E-state index contributed by atoms with van der Waals surface area (Å²) in [6.07, 6.45) is 1.46. The first kappa shape index (κ1) is 27.3. The van der Waals surface area contributed by atoms with Gasteiger partial charge in [-0.15, -0.1) is 0 Å². The first-order valence-electron chi connectivity index (χ1n) is 13.0. The molecule has 0 saturated heterocycles. The van der Waals surface area contributed by atoms with E-state index in [4.69, 9.17) is 18.9 Å². The summed E-state index contributed by atoms with van der Waals surface area (Å²) in [6.45, 7) is 4.69. The van der Waals surface area contributed by atoms with Gasteiger partial charge in [-0.1, -0.05) is 36.4 Å². The van der Waals surface area contributed by atoms with Gasteiger partial charge in [-0.2, -0.15) is 0 Å². The van der Waals surface area contributed by atoms with Crippen molar-refractivity contribution in [2.24, 2.45) is 0 Å². The van der Waals surface area contributed by atoms with Crippen molar-refractivity contribution in [2.45, 2.75) is 44.8 Å². The lowest BCUT2D eigenvalue weighted by Crippen LogP contribution is -2.47. The van der Waals surface area contributed by atoms with Crippen LogP contribution in [0.4, 0.5) is 0 Å². The number of ether oxygens (including phenoxy) is 4. The molecule has 0 bridgehead atoms. The number of rotatable bonds is 10. The van der Waals surface area contributed by atoms with Crippen molar-refractivity contribution in [1.29, 1.82) is 0 Å². The minimum absolute atomic E-state index is 0.00700. The molecule has 7 nitrogen and oxygen atoms in total. The van der Waals surface area contributed by atoms with Crippen LogP contribution in [0.25, 0.3) is 0 Å². The number of nitrogens with one attached hydrogen (secondary N) is 1. The zero-order valence-corrected chi connectivity index (χ0v) is 23.1. The topological polar surface area (TPSA) is 69.3 Å². The molecule has 3 aromatic rings. The monoisotopic (exact) mass is 518 g/mol. The van der Waals surface area contributed by atoms with Crippen molar-refractivity contribution >= 4 is 5.91 Å². The lowest BCUT2D eigenvalue weighted by molar-refractivity contribution is -0.128. The predicted molar refractivity (Wildman–Crippen MR) is 148 cm³/mol. The Morgan fingerprint density at radius 1 is 0.868 bits per heavy atom. The molecule has 1 amide bonds. The third kappa shape index (κ3) is 5.73. The van der Waals surface area contributed by atoms with Crippen LogP contribution in [0.3, 0.4) is 0 Å². The van der Waals surface area contributed by atoms with Crippen LogP contribution in [0.1, 0.15) is 48.2 Å². The summed E-state index contributed by atoms with van der Waals surface area (Å²) in [7, 11) is 6.58. The highest BCUT2D eigenvalue weighted by atomic mass is 16.5. The van der Waals surface area contributed by atoms with Crippen molar-refractivity contribution in [3.05, 3.63) is 82.9 Å². The van der Waals surface area contributed by atoms with Crippen molar-refractivity contribution < 1.29 is 23.7 Å². The summed E-state index contributed by atoms with van der Waals surface area (Å²) in [4.78, 5) is 16.1. The predicted octanol–water partition coefficient (Wildman–Crippen LogP) is 5.13. The summed E-state index contributed by atoms with van der Waals surface area (Å²) >= 11 is 0. The van der Waals surface area contributed by atoms with Crippen LogP contribution in [0.2, 0.25) is 0 Å². The lowest BCUT2D eigenvalue weighted by Gasteiger charge is -2.42. The van der Waals surface area contributed by atoms with Crippen LogP contribution in [-0.2, 0) is 17.6 Å². The highest BCUT2D eigenvalue weighted by molar-refractivity contribution is 5.83. The molecule has 1 aliphatic heterocycles. The summed E-state index contributed by atoms with van der Waals surface area (Å²) in [5, 5.41) is 3.16. The molecule has 0 fully saturated rings. The SMILES string of the molecule is COc1ccc(C[C@H]2c3cc(OC)c(OC)cc3CCN2C(C(=O)NC(C)C)c2ccccc2)cc1OC. The molecule has 202 valence electrons. The van der Waals surface area contributed by atoms with Gasteiger partial charge in [-0.25, -0.2) is 0 Å². The highest BCUT2D eigenvalue weighted by Crippen LogP contribution is 2.43. The van der Waals surface area contributed by atoms with Crippen molar-refractivity contribution in [3.8, 4) is 23.0 Å². The molecule has 4 rings (SSSR count). The van der Waals surface area contributed by atoms with Crippen LogP contribution in [0.5, 0.6) is 23.0 Å². The molecule has 0 aliphatic carbocycles. The number of nitrogens with zero attached hydrogens (tertiary/aromatic N) is 1. The molecule has 2 atom stereocenters. The first-order chi connectivity index (χ1) is 18.4. The average Bonchev–Trinajstić information content (AvgIpc) is 2.93. The maximum absolute atomic E-state index is 13.7. The normalized spacial score (nSPS) is 15.9. The number of amides is 1. The van der Waals surface area contributed by atoms with E-state index < -0.39 is 6.04 Å². The molecule has 0 spiro atoms. The Bertz CT molecular complexity index is 1240. The van der Waals surface area contributed by atoms with Crippen LogP contribution < -0.4 is 24.3 Å². The average molecular weight is 519 g/mol. The first-order valence-corrected chi connectivity index (χ1v) is 13.0. The molecule has 1 heterocycles. The van der Waals surface area contributed by atoms with Gasteiger partial charge in [0.15, 0.2) is 23.0 Å². The van der Waals surface area contributed by atoms with Crippen molar-refractivity contribution in [1.82, 2.24) is 10.2 Å². The number of benzene rings is 3. The molecular weight excluding hydrogens is 480 g/mol. The van der Waals surface area contributed by atoms with Gasteiger partial charge in [-0.05, 0) is 73.2 Å². The van der Waals surface area contributed by atoms with Crippen LogP contribution >= 0.6 is 0 Å². The fourth-order valence-electron chi connectivity index (χ4n) is 5.31. The van der Waals surface area contributed by atoms with E-state index in [1.165, 1.54) is 5.56 Å². The second kappa shape index (κ2) is 12.2. The van der Waals surface area contributed by atoms with Crippen LogP contribution in [0.15, 0.2) is 60.7 Å². The maximum atomic E-state index is 13.7. The van der Waals surface area contributed by atoms with E-state index in [1.54, 1.807) is 28.4 Å². The molecule has 3 aromatic carbocycles.